The molecule has 0 aromatic carbocycles. The maximum atomic E-state index is 6.04. The van der Waals surface area contributed by atoms with Crippen LogP contribution in [0.15, 0.2) is 0 Å². The highest BCUT2D eigenvalue weighted by Crippen LogP contribution is 2.36. The average molecular weight is 209 g/mol. The lowest BCUT2D eigenvalue weighted by Gasteiger charge is -2.53. The van der Waals surface area contributed by atoms with Crippen molar-refractivity contribution in [3.63, 3.8) is 0 Å². The number of piperidine rings is 3. The first-order valence-electron chi connectivity index (χ1n) is 6.50. The summed E-state index contributed by atoms with van der Waals surface area (Å²) in [6.07, 6.45) is 5.58. The molecule has 1 aliphatic carbocycles. The quantitative estimate of drug-likeness (QED) is 0.704. The van der Waals surface area contributed by atoms with Gasteiger partial charge in [0.25, 0.3) is 0 Å². The van der Waals surface area contributed by atoms with Crippen molar-refractivity contribution in [2.75, 3.05) is 32.7 Å². The minimum absolute atomic E-state index is 0.263. The van der Waals surface area contributed by atoms with E-state index in [4.69, 9.17) is 5.73 Å². The Hall–Kier alpha value is -0.120. The molecule has 3 aliphatic heterocycles. The molecule has 0 radical (unpaired) electrons. The zero-order valence-corrected chi connectivity index (χ0v) is 9.54. The molecule has 3 nitrogen and oxygen atoms in total. The number of nitrogens with zero attached hydrogens (tertiary/aromatic N) is 1. The fourth-order valence-electron chi connectivity index (χ4n) is 3.34. The van der Waals surface area contributed by atoms with Gasteiger partial charge in [0.15, 0.2) is 0 Å². The number of nitrogens with two attached hydrogens (primary N) is 1. The molecule has 3 heteroatoms. The van der Waals surface area contributed by atoms with Gasteiger partial charge in [-0.3, -0.25) is 0 Å². The van der Waals surface area contributed by atoms with Gasteiger partial charge in [0, 0.05) is 18.6 Å². The van der Waals surface area contributed by atoms with Gasteiger partial charge in [-0.15, -0.1) is 0 Å². The molecular weight excluding hydrogens is 186 g/mol. The Kier molecular flexibility index (Phi) is 2.49. The summed E-state index contributed by atoms with van der Waals surface area (Å²) < 4.78 is 0. The lowest BCUT2D eigenvalue weighted by atomic mass is 9.72. The van der Waals surface area contributed by atoms with Crippen LogP contribution >= 0.6 is 0 Å². The van der Waals surface area contributed by atoms with Gasteiger partial charge >= 0.3 is 0 Å². The van der Waals surface area contributed by atoms with Crippen molar-refractivity contribution in [2.24, 2.45) is 17.6 Å². The van der Waals surface area contributed by atoms with Crippen LogP contribution in [0.5, 0.6) is 0 Å². The molecule has 0 aromatic heterocycles. The second-order valence-electron chi connectivity index (χ2n) is 5.73. The van der Waals surface area contributed by atoms with Crippen LogP contribution in [-0.2, 0) is 0 Å². The van der Waals surface area contributed by atoms with Crippen LogP contribution < -0.4 is 11.1 Å². The van der Waals surface area contributed by atoms with Crippen LogP contribution in [0.1, 0.15) is 25.7 Å². The SMILES string of the molecule is NCC1(NCC2CC2)CN2CCC1CC2. The van der Waals surface area contributed by atoms with Gasteiger partial charge < -0.3 is 16.0 Å². The zero-order chi connectivity index (χ0) is 10.3. The Morgan fingerprint density at radius 1 is 1.20 bits per heavy atom. The second-order valence-corrected chi connectivity index (χ2v) is 5.73. The molecule has 4 aliphatic rings. The summed E-state index contributed by atoms with van der Waals surface area (Å²) >= 11 is 0. The van der Waals surface area contributed by atoms with Crippen LogP contribution in [0, 0.1) is 11.8 Å². The summed E-state index contributed by atoms with van der Waals surface area (Å²) in [4.78, 5) is 2.59. The maximum absolute atomic E-state index is 6.04. The van der Waals surface area contributed by atoms with Gasteiger partial charge in [0.05, 0.1) is 0 Å². The number of hydrogen-bond donors (Lipinski definition) is 2. The highest BCUT2D eigenvalue weighted by Gasteiger charge is 2.45. The van der Waals surface area contributed by atoms with Gasteiger partial charge in [0.2, 0.25) is 0 Å². The molecule has 3 N–H and O–H groups in total. The van der Waals surface area contributed by atoms with E-state index in [1.807, 2.05) is 0 Å². The van der Waals surface area contributed by atoms with Gasteiger partial charge in [0.1, 0.15) is 0 Å². The van der Waals surface area contributed by atoms with E-state index in [0.29, 0.717) is 0 Å². The molecule has 3 saturated heterocycles. The molecule has 1 atom stereocenters. The number of hydrogen-bond acceptors (Lipinski definition) is 3. The molecule has 1 saturated carbocycles. The van der Waals surface area contributed by atoms with E-state index in [-0.39, 0.29) is 5.54 Å². The molecule has 1 unspecified atom stereocenters. The summed E-state index contributed by atoms with van der Waals surface area (Å²) in [5.41, 5.74) is 6.31. The monoisotopic (exact) mass is 209 g/mol. The fourth-order valence-corrected chi connectivity index (χ4v) is 3.34. The summed E-state index contributed by atoms with van der Waals surface area (Å²) in [5, 5.41) is 3.81. The van der Waals surface area contributed by atoms with Crippen molar-refractivity contribution in [1.82, 2.24) is 10.2 Å². The highest BCUT2D eigenvalue weighted by molar-refractivity contribution is 5.05. The van der Waals surface area contributed by atoms with Gasteiger partial charge in [-0.25, -0.2) is 0 Å². The largest absolute Gasteiger partial charge is 0.329 e. The third kappa shape index (κ3) is 1.81. The standard InChI is InChI=1S/C12H23N3/c13-8-12(14-7-10-1-2-10)9-15-5-3-11(12)4-6-15/h10-11,14H,1-9,13H2. The number of fused-ring (bicyclic) bond motifs is 3. The van der Waals surface area contributed by atoms with E-state index >= 15 is 0 Å². The van der Waals surface area contributed by atoms with E-state index in [9.17, 15) is 0 Å². The van der Waals surface area contributed by atoms with Crippen molar-refractivity contribution in [1.29, 1.82) is 0 Å². The molecule has 4 rings (SSSR count). The van der Waals surface area contributed by atoms with Crippen molar-refractivity contribution >= 4 is 0 Å². The number of rotatable bonds is 4. The third-order valence-electron chi connectivity index (χ3n) is 4.68. The predicted molar refractivity (Wildman–Crippen MR) is 61.7 cm³/mol. The van der Waals surface area contributed by atoms with Crippen LogP contribution in [0.4, 0.5) is 0 Å². The first-order chi connectivity index (χ1) is 7.32. The highest BCUT2D eigenvalue weighted by atomic mass is 15.2. The van der Waals surface area contributed by atoms with Crippen molar-refractivity contribution in [3.8, 4) is 0 Å². The Bertz CT molecular complexity index is 231. The molecular formula is C12H23N3. The molecule has 2 bridgehead atoms. The van der Waals surface area contributed by atoms with Crippen LogP contribution in [0.2, 0.25) is 0 Å². The molecule has 3 heterocycles. The van der Waals surface area contributed by atoms with Crippen molar-refractivity contribution < 1.29 is 0 Å². The Balaban J connectivity index is 1.67. The van der Waals surface area contributed by atoms with Gasteiger partial charge in [-0.05, 0) is 57.2 Å². The fraction of sp³-hybridized carbons (Fsp3) is 1.00. The zero-order valence-electron chi connectivity index (χ0n) is 9.54. The summed E-state index contributed by atoms with van der Waals surface area (Å²) in [6, 6.07) is 0. The third-order valence-corrected chi connectivity index (χ3v) is 4.68. The van der Waals surface area contributed by atoms with Crippen molar-refractivity contribution in [3.05, 3.63) is 0 Å². The normalized spacial score (nSPS) is 44.6. The van der Waals surface area contributed by atoms with E-state index < -0.39 is 0 Å². The van der Waals surface area contributed by atoms with E-state index in [1.54, 1.807) is 0 Å². The average Bonchev–Trinajstić information content (AvgIpc) is 3.12. The molecule has 0 spiro atoms. The lowest BCUT2D eigenvalue weighted by molar-refractivity contribution is 0.0106. The van der Waals surface area contributed by atoms with E-state index in [0.717, 1.165) is 18.4 Å². The Morgan fingerprint density at radius 2 is 1.93 bits per heavy atom. The Labute approximate surface area is 92.4 Å². The lowest BCUT2D eigenvalue weighted by Crippen LogP contribution is -2.69. The second kappa shape index (κ2) is 3.72. The molecule has 0 amide bonds. The van der Waals surface area contributed by atoms with Crippen molar-refractivity contribution in [2.45, 2.75) is 31.2 Å². The minimum atomic E-state index is 0.263. The van der Waals surface area contributed by atoms with Crippen LogP contribution in [0.25, 0.3) is 0 Å². The van der Waals surface area contributed by atoms with E-state index in [2.05, 4.69) is 10.2 Å². The predicted octanol–water partition coefficient (Wildman–Crippen LogP) is 0.409. The number of nitrogens with one attached hydrogen (secondary N) is 1. The van der Waals surface area contributed by atoms with Gasteiger partial charge in [-0.1, -0.05) is 0 Å². The molecule has 4 fully saturated rings. The first kappa shape index (κ1) is 10.1. The summed E-state index contributed by atoms with van der Waals surface area (Å²) in [6.45, 7) is 5.83. The summed E-state index contributed by atoms with van der Waals surface area (Å²) in [5.74, 6) is 1.80. The van der Waals surface area contributed by atoms with Gasteiger partial charge in [-0.2, -0.15) is 0 Å². The van der Waals surface area contributed by atoms with E-state index in [1.165, 1.54) is 51.9 Å². The molecule has 86 valence electrons. The first-order valence-corrected chi connectivity index (χ1v) is 6.50. The molecule has 0 aromatic rings. The Morgan fingerprint density at radius 3 is 2.40 bits per heavy atom. The topological polar surface area (TPSA) is 41.3 Å². The summed E-state index contributed by atoms with van der Waals surface area (Å²) in [7, 11) is 0. The van der Waals surface area contributed by atoms with Crippen LogP contribution in [-0.4, -0.2) is 43.2 Å². The smallest absolute Gasteiger partial charge is 0.0462 e. The maximum Gasteiger partial charge on any atom is 0.0462 e. The minimum Gasteiger partial charge on any atom is -0.329 e. The van der Waals surface area contributed by atoms with Crippen LogP contribution in [0.3, 0.4) is 0 Å². The molecule has 15 heavy (non-hydrogen) atoms.